The molecule has 0 N–H and O–H groups in total. The van der Waals surface area contributed by atoms with E-state index in [9.17, 15) is 13.2 Å². The molecule has 23 heavy (non-hydrogen) atoms. The predicted molar refractivity (Wildman–Crippen MR) is 100 cm³/mol. The fourth-order valence-electron chi connectivity index (χ4n) is 2.21. The lowest BCUT2D eigenvalue weighted by Gasteiger charge is -2.28. The molecule has 0 bridgehead atoms. The first-order valence-corrected chi connectivity index (χ1v) is 10.7. The minimum Gasteiger partial charge on any atom is -0.468 e. The van der Waals surface area contributed by atoms with Gasteiger partial charge >= 0.3 is 5.97 Å². The molecule has 0 amide bonds. The van der Waals surface area contributed by atoms with Gasteiger partial charge in [0.1, 0.15) is 0 Å². The lowest BCUT2D eigenvalue weighted by atomic mass is 10.1. The fourth-order valence-corrected chi connectivity index (χ4v) is 4.26. The van der Waals surface area contributed by atoms with Gasteiger partial charge in [0.25, 0.3) is 0 Å². The molecule has 0 fully saturated rings. The van der Waals surface area contributed by atoms with E-state index in [0.717, 1.165) is 11.1 Å². The SMILES string of the molecule is COC(=O)CS(=O)(=O)N(CCC(Br)CBr)c1c(C)cccc1C. The molecule has 130 valence electrons. The number of esters is 1. The predicted octanol–water partition coefficient (Wildman–Crippen LogP) is 3.16. The van der Waals surface area contributed by atoms with Crippen molar-refractivity contribution in [2.24, 2.45) is 0 Å². The van der Waals surface area contributed by atoms with Crippen LogP contribution in [0.5, 0.6) is 0 Å². The summed E-state index contributed by atoms with van der Waals surface area (Å²) in [5.41, 5.74) is 2.33. The average molecular weight is 471 g/mol. The summed E-state index contributed by atoms with van der Waals surface area (Å²) in [5.74, 6) is -1.43. The molecule has 1 aromatic carbocycles. The second kappa shape index (κ2) is 9.03. The van der Waals surface area contributed by atoms with Crippen molar-refractivity contribution in [2.45, 2.75) is 25.1 Å². The van der Waals surface area contributed by atoms with E-state index in [4.69, 9.17) is 0 Å². The van der Waals surface area contributed by atoms with E-state index in [-0.39, 0.29) is 11.4 Å². The number of ether oxygens (including phenoxy) is 1. The van der Waals surface area contributed by atoms with E-state index < -0.39 is 21.7 Å². The maximum atomic E-state index is 12.7. The third-order valence-electron chi connectivity index (χ3n) is 3.37. The Labute approximate surface area is 154 Å². The van der Waals surface area contributed by atoms with Gasteiger partial charge in [-0.1, -0.05) is 50.1 Å². The first-order chi connectivity index (χ1) is 10.7. The van der Waals surface area contributed by atoms with Crippen molar-refractivity contribution in [2.75, 3.05) is 29.0 Å². The lowest BCUT2D eigenvalue weighted by Crippen LogP contribution is -2.38. The molecule has 0 aliphatic heterocycles. The van der Waals surface area contributed by atoms with Crippen LogP contribution in [-0.4, -0.2) is 44.0 Å². The number of benzene rings is 1. The van der Waals surface area contributed by atoms with Crippen molar-refractivity contribution in [3.05, 3.63) is 29.3 Å². The normalized spacial score (nSPS) is 12.7. The number of halogens is 2. The molecule has 0 saturated heterocycles. The van der Waals surface area contributed by atoms with Gasteiger partial charge in [-0.15, -0.1) is 0 Å². The van der Waals surface area contributed by atoms with Gasteiger partial charge in [0.2, 0.25) is 10.0 Å². The molecule has 1 aromatic rings. The van der Waals surface area contributed by atoms with Crippen LogP contribution in [0.1, 0.15) is 17.5 Å². The Bertz CT molecular complexity index is 629. The highest BCUT2D eigenvalue weighted by molar-refractivity contribution is 9.12. The van der Waals surface area contributed by atoms with Crippen LogP contribution in [0.4, 0.5) is 5.69 Å². The summed E-state index contributed by atoms with van der Waals surface area (Å²) < 4.78 is 31.3. The molecule has 1 rings (SSSR count). The number of anilines is 1. The smallest absolute Gasteiger partial charge is 0.322 e. The summed E-state index contributed by atoms with van der Waals surface area (Å²) >= 11 is 6.85. The number of para-hydroxylation sites is 1. The van der Waals surface area contributed by atoms with Crippen LogP contribution >= 0.6 is 31.9 Å². The zero-order chi connectivity index (χ0) is 17.6. The number of carbonyl (C=O) groups excluding carboxylic acids is 1. The summed E-state index contributed by atoms with van der Waals surface area (Å²) in [5, 5.41) is 0.713. The van der Waals surface area contributed by atoms with Crippen molar-refractivity contribution >= 4 is 53.5 Å². The molecule has 0 spiro atoms. The maximum Gasteiger partial charge on any atom is 0.322 e. The minimum absolute atomic E-state index is 0.141. The van der Waals surface area contributed by atoms with Gasteiger partial charge in [-0.05, 0) is 31.4 Å². The van der Waals surface area contributed by atoms with E-state index >= 15 is 0 Å². The highest BCUT2D eigenvalue weighted by atomic mass is 79.9. The van der Waals surface area contributed by atoms with Crippen molar-refractivity contribution in [3.8, 4) is 0 Å². The molecule has 0 aromatic heterocycles. The zero-order valence-electron chi connectivity index (χ0n) is 13.4. The molecule has 1 atom stereocenters. The molecule has 8 heteroatoms. The van der Waals surface area contributed by atoms with Crippen LogP contribution in [0, 0.1) is 13.8 Å². The Morgan fingerprint density at radius 2 is 1.87 bits per heavy atom. The Hall–Kier alpha value is -0.600. The Morgan fingerprint density at radius 1 is 1.30 bits per heavy atom. The Kier molecular flexibility index (Phi) is 8.03. The number of alkyl halides is 2. The van der Waals surface area contributed by atoms with Crippen molar-refractivity contribution in [3.63, 3.8) is 0 Å². The molecule has 5 nitrogen and oxygen atoms in total. The van der Waals surface area contributed by atoms with Gasteiger partial charge in [-0.3, -0.25) is 9.10 Å². The highest BCUT2D eigenvalue weighted by Gasteiger charge is 2.28. The first-order valence-electron chi connectivity index (χ1n) is 7.06. The second-order valence-corrected chi connectivity index (χ2v) is 9.02. The van der Waals surface area contributed by atoms with E-state index in [1.165, 1.54) is 11.4 Å². The van der Waals surface area contributed by atoms with Crippen molar-refractivity contribution < 1.29 is 17.9 Å². The summed E-state index contributed by atoms with van der Waals surface area (Å²) in [6, 6.07) is 5.60. The molecule has 0 saturated carbocycles. The fraction of sp³-hybridized carbons (Fsp3) is 0.533. The van der Waals surface area contributed by atoms with Crippen LogP contribution in [0.25, 0.3) is 0 Å². The van der Waals surface area contributed by atoms with Crippen LogP contribution in [0.3, 0.4) is 0 Å². The lowest BCUT2D eigenvalue weighted by molar-refractivity contribution is -0.137. The monoisotopic (exact) mass is 469 g/mol. The number of sulfonamides is 1. The van der Waals surface area contributed by atoms with Crippen LogP contribution in [0.15, 0.2) is 18.2 Å². The van der Waals surface area contributed by atoms with Crippen LogP contribution in [0.2, 0.25) is 0 Å². The van der Waals surface area contributed by atoms with E-state index in [2.05, 4.69) is 36.6 Å². The van der Waals surface area contributed by atoms with Gasteiger partial charge in [0.05, 0.1) is 12.8 Å². The molecule has 1 unspecified atom stereocenters. The molecule has 0 aliphatic rings. The molecule has 0 heterocycles. The van der Waals surface area contributed by atoms with Crippen LogP contribution < -0.4 is 4.31 Å². The summed E-state index contributed by atoms with van der Waals surface area (Å²) in [6.45, 7) is 4.00. The second-order valence-electron chi connectivity index (χ2n) is 5.19. The molecular formula is C15H21Br2NO4S. The maximum absolute atomic E-state index is 12.7. The number of aryl methyl sites for hydroxylation is 2. The van der Waals surface area contributed by atoms with Gasteiger partial charge in [-0.2, -0.15) is 0 Å². The van der Waals surface area contributed by atoms with Gasteiger partial charge in [0.15, 0.2) is 5.75 Å². The van der Waals surface area contributed by atoms with Crippen molar-refractivity contribution in [1.29, 1.82) is 0 Å². The average Bonchev–Trinajstić information content (AvgIpc) is 2.48. The van der Waals surface area contributed by atoms with Gasteiger partial charge < -0.3 is 4.74 Å². The number of hydrogen-bond acceptors (Lipinski definition) is 4. The highest BCUT2D eigenvalue weighted by Crippen LogP contribution is 2.28. The van der Waals surface area contributed by atoms with Gasteiger partial charge in [-0.25, -0.2) is 8.42 Å². The van der Waals surface area contributed by atoms with E-state index in [1.807, 2.05) is 32.0 Å². The molecule has 0 aliphatic carbocycles. The third kappa shape index (κ3) is 5.76. The number of methoxy groups -OCH3 is 1. The standard InChI is InChI=1S/C15H21Br2NO4S/c1-11-5-4-6-12(2)15(11)18(8-7-13(17)9-16)23(20,21)10-14(19)22-3/h4-6,13H,7-10H2,1-3H3. The number of rotatable bonds is 8. The Morgan fingerprint density at radius 3 is 2.35 bits per heavy atom. The number of carbonyl (C=O) groups is 1. The third-order valence-corrected chi connectivity index (χ3v) is 7.43. The Balaban J connectivity index is 3.24. The first kappa shape index (κ1) is 20.4. The zero-order valence-corrected chi connectivity index (χ0v) is 17.4. The molecular weight excluding hydrogens is 450 g/mol. The van der Waals surface area contributed by atoms with Gasteiger partial charge in [0, 0.05) is 16.7 Å². The van der Waals surface area contributed by atoms with Crippen molar-refractivity contribution in [1.82, 2.24) is 0 Å². The largest absolute Gasteiger partial charge is 0.468 e. The minimum atomic E-state index is -3.81. The number of hydrogen-bond donors (Lipinski definition) is 0. The molecule has 0 radical (unpaired) electrons. The topological polar surface area (TPSA) is 63.7 Å². The van der Waals surface area contributed by atoms with Crippen LogP contribution in [-0.2, 0) is 19.6 Å². The summed E-state index contributed by atoms with van der Waals surface area (Å²) in [7, 11) is -2.63. The quantitative estimate of drug-likeness (QED) is 0.432. The summed E-state index contributed by atoms with van der Waals surface area (Å²) in [6.07, 6.45) is 0.611. The number of nitrogens with zero attached hydrogens (tertiary/aromatic N) is 1. The van der Waals surface area contributed by atoms with E-state index in [1.54, 1.807) is 0 Å². The summed E-state index contributed by atoms with van der Waals surface area (Å²) in [4.78, 5) is 11.6. The van der Waals surface area contributed by atoms with E-state index in [0.29, 0.717) is 17.4 Å².